The molecule has 96 valence electrons. The highest BCUT2D eigenvalue weighted by Crippen LogP contribution is 2.22. The van der Waals surface area contributed by atoms with Crippen LogP contribution in [-0.4, -0.2) is 9.72 Å². The van der Waals surface area contributed by atoms with Crippen molar-refractivity contribution in [2.45, 2.75) is 20.8 Å². The minimum absolute atomic E-state index is 0.0805. The summed E-state index contributed by atoms with van der Waals surface area (Å²) in [4.78, 5) is 12.6. The summed E-state index contributed by atoms with van der Waals surface area (Å²) in [5.41, 5.74) is 3.29. The van der Waals surface area contributed by atoms with E-state index in [1.54, 1.807) is 11.5 Å². The van der Waals surface area contributed by atoms with Gasteiger partial charge in [-0.15, -0.1) is 0 Å². The van der Waals surface area contributed by atoms with Crippen molar-refractivity contribution in [3.8, 4) is 5.69 Å². The Kier molecular flexibility index (Phi) is 2.52. The number of nitrogens with zero attached hydrogens (tertiary/aromatic N) is 2. The number of aryl methyl sites for hydroxylation is 2. The predicted octanol–water partition coefficient (Wildman–Crippen LogP) is 2.90. The van der Waals surface area contributed by atoms with E-state index in [1.165, 1.54) is 0 Å². The van der Waals surface area contributed by atoms with E-state index in [4.69, 9.17) is 4.52 Å². The third-order valence-corrected chi connectivity index (χ3v) is 3.53. The van der Waals surface area contributed by atoms with Crippen LogP contribution in [0.4, 0.5) is 0 Å². The van der Waals surface area contributed by atoms with Gasteiger partial charge in [-0.05, 0) is 38.5 Å². The van der Waals surface area contributed by atoms with Gasteiger partial charge in [0.05, 0.1) is 0 Å². The average Bonchev–Trinajstić information content (AvgIpc) is 2.80. The minimum atomic E-state index is -0.0805. The molecule has 2 heterocycles. The monoisotopic (exact) mass is 254 g/mol. The SMILES string of the molecule is Cc1c(C)n(-c2ccccc2)c(=O)c2c(C)onc12. The molecule has 19 heavy (non-hydrogen) atoms. The fourth-order valence-corrected chi connectivity index (χ4v) is 2.37. The third-order valence-electron chi connectivity index (χ3n) is 3.53. The Balaban J connectivity index is 2.50. The zero-order valence-corrected chi connectivity index (χ0v) is 11.1. The van der Waals surface area contributed by atoms with Gasteiger partial charge in [-0.25, -0.2) is 0 Å². The molecule has 0 saturated carbocycles. The first kappa shape index (κ1) is 11.7. The van der Waals surface area contributed by atoms with Crippen molar-refractivity contribution < 1.29 is 4.52 Å². The van der Waals surface area contributed by atoms with Crippen LogP contribution in [0.5, 0.6) is 0 Å². The maximum absolute atomic E-state index is 12.6. The Morgan fingerprint density at radius 3 is 2.47 bits per heavy atom. The molecule has 0 unspecified atom stereocenters. The quantitative estimate of drug-likeness (QED) is 0.671. The standard InChI is InChI=1S/C15H14N2O2/c1-9-10(2)17(12-7-5-4-6-8-12)15(18)13-11(3)19-16-14(9)13/h4-8H,1-3H3. The Hall–Kier alpha value is -2.36. The second kappa shape index (κ2) is 4.09. The molecule has 0 aliphatic rings. The fourth-order valence-electron chi connectivity index (χ4n) is 2.37. The summed E-state index contributed by atoms with van der Waals surface area (Å²) in [5, 5.41) is 4.55. The lowest BCUT2D eigenvalue weighted by molar-refractivity contribution is 0.405. The Morgan fingerprint density at radius 2 is 1.79 bits per heavy atom. The van der Waals surface area contributed by atoms with E-state index in [2.05, 4.69) is 5.16 Å². The molecule has 0 saturated heterocycles. The lowest BCUT2D eigenvalue weighted by Gasteiger charge is -2.12. The van der Waals surface area contributed by atoms with E-state index >= 15 is 0 Å². The van der Waals surface area contributed by atoms with E-state index in [-0.39, 0.29) is 5.56 Å². The van der Waals surface area contributed by atoms with Crippen molar-refractivity contribution in [1.29, 1.82) is 0 Å². The summed E-state index contributed by atoms with van der Waals surface area (Å²) in [5.74, 6) is 0.563. The van der Waals surface area contributed by atoms with Crippen LogP contribution in [0.1, 0.15) is 17.0 Å². The van der Waals surface area contributed by atoms with Gasteiger partial charge in [0.1, 0.15) is 16.7 Å². The number of hydrogen-bond acceptors (Lipinski definition) is 3. The predicted molar refractivity (Wildman–Crippen MR) is 73.8 cm³/mol. The summed E-state index contributed by atoms with van der Waals surface area (Å²) in [6, 6.07) is 9.60. The van der Waals surface area contributed by atoms with Gasteiger partial charge in [0.25, 0.3) is 5.56 Å². The van der Waals surface area contributed by atoms with Crippen LogP contribution in [0.25, 0.3) is 16.6 Å². The normalized spacial score (nSPS) is 11.1. The molecular weight excluding hydrogens is 240 g/mol. The summed E-state index contributed by atoms with van der Waals surface area (Å²) >= 11 is 0. The fraction of sp³-hybridized carbons (Fsp3) is 0.200. The van der Waals surface area contributed by atoms with Gasteiger partial charge >= 0.3 is 0 Å². The lowest BCUT2D eigenvalue weighted by atomic mass is 10.1. The molecular formula is C15H14N2O2. The first-order valence-electron chi connectivity index (χ1n) is 6.15. The van der Waals surface area contributed by atoms with Crippen LogP contribution < -0.4 is 5.56 Å². The number of fused-ring (bicyclic) bond motifs is 1. The molecule has 3 rings (SSSR count). The minimum Gasteiger partial charge on any atom is -0.360 e. The molecule has 0 radical (unpaired) electrons. The summed E-state index contributed by atoms with van der Waals surface area (Å²) in [6.45, 7) is 5.65. The average molecular weight is 254 g/mol. The molecule has 0 N–H and O–H groups in total. The van der Waals surface area contributed by atoms with Crippen molar-refractivity contribution in [1.82, 2.24) is 9.72 Å². The summed E-state index contributed by atoms with van der Waals surface area (Å²) in [7, 11) is 0. The van der Waals surface area contributed by atoms with Gasteiger partial charge in [-0.2, -0.15) is 0 Å². The van der Waals surface area contributed by atoms with E-state index < -0.39 is 0 Å². The van der Waals surface area contributed by atoms with Crippen molar-refractivity contribution >= 4 is 10.9 Å². The molecule has 2 aromatic heterocycles. The van der Waals surface area contributed by atoms with Crippen LogP contribution in [-0.2, 0) is 0 Å². The highest BCUT2D eigenvalue weighted by molar-refractivity contribution is 5.83. The van der Waals surface area contributed by atoms with Gasteiger partial charge in [0.2, 0.25) is 0 Å². The maximum atomic E-state index is 12.6. The van der Waals surface area contributed by atoms with Crippen LogP contribution in [0, 0.1) is 20.8 Å². The van der Waals surface area contributed by atoms with Gasteiger partial charge in [0.15, 0.2) is 0 Å². The lowest BCUT2D eigenvalue weighted by Crippen LogP contribution is -2.22. The number of pyridine rings is 1. The first-order valence-corrected chi connectivity index (χ1v) is 6.15. The maximum Gasteiger partial charge on any atom is 0.268 e. The Labute approximate surface area is 110 Å². The highest BCUT2D eigenvalue weighted by atomic mass is 16.5. The highest BCUT2D eigenvalue weighted by Gasteiger charge is 2.17. The molecule has 0 fully saturated rings. The molecule has 0 amide bonds. The van der Waals surface area contributed by atoms with Crippen LogP contribution in [0.15, 0.2) is 39.6 Å². The molecule has 0 aliphatic carbocycles. The molecule has 0 aliphatic heterocycles. The zero-order chi connectivity index (χ0) is 13.6. The van der Waals surface area contributed by atoms with Gasteiger partial charge in [-0.1, -0.05) is 23.4 Å². The second-order valence-corrected chi connectivity index (χ2v) is 4.65. The second-order valence-electron chi connectivity index (χ2n) is 4.65. The first-order chi connectivity index (χ1) is 9.11. The Bertz CT molecular complexity index is 814. The van der Waals surface area contributed by atoms with E-state index in [1.807, 2.05) is 44.2 Å². The van der Waals surface area contributed by atoms with Crippen LogP contribution in [0.3, 0.4) is 0 Å². The number of benzene rings is 1. The van der Waals surface area contributed by atoms with Crippen molar-refractivity contribution in [2.24, 2.45) is 0 Å². The number of aromatic nitrogens is 2. The number of hydrogen-bond donors (Lipinski definition) is 0. The third kappa shape index (κ3) is 1.60. The molecule has 0 bridgehead atoms. The molecule has 0 spiro atoms. The van der Waals surface area contributed by atoms with Gasteiger partial charge < -0.3 is 4.52 Å². The number of rotatable bonds is 1. The van der Waals surface area contributed by atoms with Crippen molar-refractivity contribution in [3.05, 3.63) is 57.7 Å². The molecule has 3 aromatic rings. The zero-order valence-electron chi connectivity index (χ0n) is 11.1. The topological polar surface area (TPSA) is 48.0 Å². The largest absolute Gasteiger partial charge is 0.360 e. The van der Waals surface area contributed by atoms with Gasteiger partial charge in [-0.3, -0.25) is 9.36 Å². The van der Waals surface area contributed by atoms with E-state index in [9.17, 15) is 4.79 Å². The number of para-hydroxylation sites is 1. The summed E-state index contributed by atoms with van der Waals surface area (Å²) < 4.78 is 6.87. The summed E-state index contributed by atoms with van der Waals surface area (Å²) in [6.07, 6.45) is 0. The molecule has 4 heteroatoms. The molecule has 1 aromatic carbocycles. The molecule has 0 atom stereocenters. The van der Waals surface area contributed by atoms with E-state index in [0.717, 1.165) is 16.9 Å². The van der Waals surface area contributed by atoms with E-state index in [0.29, 0.717) is 16.7 Å². The van der Waals surface area contributed by atoms with Crippen molar-refractivity contribution in [2.75, 3.05) is 0 Å². The van der Waals surface area contributed by atoms with Gasteiger partial charge in [0, 0.05) is 11.4 Å². The van der Waals surface area contributed by atoms with Crippen LogP contribution in [0.2, 0.25) is 0 Å². The van der Waals surface area contributed by atoms with Crippen LogP contribution >= 0.6 is 0 Å². The Morgan fingerprint density at radius 1 is 1.11 bits per heavy atom. The molecule has 4 nitrogen and oxygen atoms in total. The van der Waals surface area contributed by atoms with Crippen molar-refractivity contribution in [3.63, 3.8) is 0 Å². The smallest absolute Gasteiger partial charge is 0.268 e.